The van der Waals surface area contributed by atoms with Crippen molar-refractivity contribution in [2.75, 3.05) is 26.4 Å². The number of aliphatic hydroxyl groups excluding tert-OH is 1. The summed E-state index contributed by atoms with van der Waals surface area (Å²) in [5, 5.41) is 11.7. The van der Waals surface area contributed by atoms with Crippen LogP contribution >= 0.6 is 0 Å². The number of benzene rings is 1. The number of nitrogens with one attached hydrogen (secondary N) is 1. The van der Waals surface area contributed by atoms with Gasteiger partial charge in [0.1, 0.15) is 5.82 Å². The van der Waals surface area contributed by atoms with E-state index in [1.54, 1.807) is 13.0 Å². The normalized spacial score (nSPS) is 10.7. The Bertz CT molecular complexity index is 318. The summed E-state index contributed by atoms with van der Waals surface area (Å²) in [4.78, 5) is 0. The van der Waals surface area contributed by atoms with Crippen LogP contribution in [0.3, 0.4) is 0 Å². The minimum atomic E-state index is -0.171. The lowest BCUT2D eigenvalue weighted by Gasteiger charge is -2.06. The first kappa shape index (κ1) is 13.1. The average Bonchev–Trinajstić information content (AvgIpc) is 2.28. The molecule has 1 aromatic rings. The van der Waals surface area contributed by atoms with Gasteiger partial charge in [-0.15, -0.1) is 0 Å². The molecule has 0 aliphatic rings. The highest BCUT2D eigenvalue weighted by molar-refractivity contribution is 5.23. The predicted molar refractivity (Wildman–Crippen MR) is 60.7 cm³/mol. The van der Waals surface area contributed by atoms with Crippen molar-refractivity contribution in [3.05, 3.63) is 35.1 Å². The van der Waals surface area contributed by atoms with Crippen LogP contribution in [0.5, 0.6) is 0 Å². The van der Waals surface area contributed by atoms with Crippen molar-refractivity contribution >= 4 is 0 Å². The van der Waals surface area contributed by atoms with Gasteiger partial charge in [0.05, 0.1) is 19.8 Å². The highest BCUT2D eigenvalue weighted by Gasteiger charge is 1.98. The van der Waals surface area contributed by atoms with Crippen molar-refractivity contribution in [1.82, 2.24) is 5.32 Å². The molecule has 4 heteroatoms. The molecule has 0 unspecified atom stereocenters. The van der Waals surface area contributed by atoms with Crippen molar-refractivity contribution in [2.24, 2.45) is 0 Å². The van der Waals surface area contributed by atoms with E-state index in [1.165, 1.54) is 6.07 Å². The van der Waals surface area contributed by atoms with Gasteiger partial charge in [0.25, 0.3) is 0 Å². The number of rotatable bonds is 7. The van der Waals surface area contributed by atoms with Crippen LogP contribution in [0.1, 0.15) is 11.1 Å². The summed E-state index contributed by atoms with van der Waals surface area (Å²) < 4.78 is 18.1. The molecule has 0 radical (unpaired) electrons. The van der Waals surface area contributed by atoms with Crippen LogP contribution in [0.2, 0.25) is 0 Å². The van der Waals surface area contributed by atoms with E-state index in [1.807, 2.05) is 6.07 Å². The molecule has 0 aliphatic heterocycles. The highest BCUT2D eigenvalue weighted by Crippen LogP contribution is 2.08. The van der Waals surface area contributed by atoms with Crippen molar-refractivity contribution in [3.8, 4) is 0 Å². The molecule has 0 heterocycles. The molecule has 1 aromatic carbocycles. The van der Waals surface area contributed by atoms with Gasteiger partial charge in [-0.25, -0.2) is 4.39 Å². The van der Waals surface area contributed by atoms with Crippen molar-refractivity contribution in [2.45, 2.75) is 13.5 Å². The van der Waals surface area contributed by atoms with Crippen molar-refractivity contribution in [3.63, 3.8) is 0 Å². The van der Waals surface area contributed by atoms with E-state index in [0.717, 1.165) is 12.1 Å². The lowest BCUT2D eigenvalue weighted by Crippen LogP contribution is -2.20. The third kappa shape index (κ3) is 4.70. The fourth-order valence-electron chi connectivity index (χ4n) is 1.36. The Kier molecular flexibility index (Phi) is 6.00. The first-order chi connectivity index (χ1) is 7.74. The smallest absolute Gasteiger partial charge is 0.126 e. The molecule has 2 N–H and O–H groups in total. The summed E-state index contributed by atoms with van der Waals surface area (Å²) in [6.07, 6.45) is 0. The molecule has 0 amide bonds. The summed E-state index contributed by atoms with van der Waals surface area (Å²) in [7, 11) is 0. The number of aryl methyl sites for hydroxylation is 1. The summed E-state index contributed by atoms with van der Waals surface area (Å²) in [6, 6.07) is 5.08. The van der Waals surface area contributed by atoms with Crippen LogP contribution in [0.25, 0.3) is 0 Å². The third-order valence-corrected chi connectivity index (χ3v) is 2.21. The van der Waals surface area contributed by atoms with Crippen LogP contribution in [0.4, 0.5) is 4.39 Å². The zero-order valence-corrected chi connectivity index (χ0v) is 9.50. The maximum absolute atomic E-state index is 13.0. The lowest BCUT2D eigenvalue weighted by atomic mass is 10.1. The molecule has 0 bridgehead atoms. The van der Waals surface area contributed by atoms with E-state index < -0.39 is 0 Å². The van der Waals surface area contributed by atoms with Crippen LogP contribution < -0.4 is 5.32 Å². The lowest BCUT2D eigenvalue weighted by molar-refractivity contribution is 0.0938. The Morgan fingerprint density at radius 1 is 1.38 bits per heavy atom. The van der Waals surface area contributed by atoms with Gasteiger partial charge in [0, 0.05) is 13.1 Å². The monoisotopic (exact) mass is 227 g/mol. The van der Waals surface area contributed by atoms with E-state index in [0.29, 0.717) is 25.3 Å². The van der Waals surface area contributed by atoms with Gasteiger partial charge in [-0.2, -0.15) is 0 Å². The molecule has 0 saturated carbocycles. The minimum Gasteiger partial charge on any atom is -0.394 e. The molecule has 90 valence electrons. The zero-order chi connectivity index (χ0) is 11.8. The molecule has 3 nitrogen and oxygen atoms in total. The van der Waals surface area contributed by atoms with E-state index in [4.69, 9.17) is 9.84 Å². The number of hydrogen-bond acceptors (Lipinski definition) is 3. The fraction of sp³-hybridized carbons (Fsp3) is 0.500. The van der Waals surface area contributed by atoms with Gasteiger partial charge in [-0.3, -0.25) is 0 Å². The van der Waals surface area contributed by atoms with E-state index in [-0.39, 0.29) is 12.4 Å². The second-order valence-electron chi connectivity index (χ2n) is 3.60. The third-order valence-electron chi connectivity index (χ3n) is 2.21. The average molecular weight is 227 g/mol. The Balaban J connectivity index is 2.19. The Morgan fingerprint density at radius 2 is 2.19 bits per heavy atom. The summed E-state index contributed by atoms with van der Waals surface area (Å²) in [6.45, 7) is 4.17. The quantitative estimate of drug-likeness (QED) is 0.688. The van der Waals surface area contributed by atoms with Crippen molar-refractivity contribution in [1.29, 1.82) is 0 Å². The first-order valence-corrected chi connectivity index (χ1v) is 5.38. The second kappa shape index (κ2) is 7.33. The molecule has 0 atom stereocenters. The Hall–Kier alpha value is -0.970. The molecule has 0 aliphatic carbocycles. The Morgan fingerprint density at radius 3 is 2.88 bits per heavy atom. The number of halogens is 1. The molecule has 0 saturated heterocycles. The van der Waals surface area contributed by atoms with Gasteiger partial charge in [0.15, 0.2) is 0 Å². The molecule has 0 aromatic heterocycles. The Labute approximate surface area is 95.2 Å². The van der Waals surface area contributed by atoms with Crippen LogP contribution in [0.15, 0.2) is 18.2 Å². The van der Waals surface area contributed by atoms with Crippen LogP contribution in [-0.2, 0) is 11.3 Å². The summed E-state index contributed by atoms with van der Waals surface area (Å²) in [5.41, 5.74) is 1.72. The van der Waals surface area contributed by atoms with E-state index in [2.05, 4.69) is 5.32 Å². The topological polar surface area (TPSA) is 41.5 Å². The van der Waals surface area contributed by atoms with E-state index in [9.17, 15) is 4.39 Å². The molecule has 0 spiro atoms. The molecule has 0 fully saturated rings. The minimum absolute atomic E-state index is 0.0527. The first-order valence-electron chi connectivity index (χ1n) is 5.38. The van der Waals surface area contributed by atoms with Gasteiger partial charge < -0.3 is 15.2 Å². The standard InChI is InChI=1S/C12H18FNO2/c1-10-8-11(2-3-12(10)13)9-14-4-6-16-7-5-15/h2-3,8,14-15H,4-7,9H2,1H3. The molecule has 16 heavy (non-hydrogen) atoms. The number of ether oxygens (including phenoxy) is 1. The van der Waals surface area contributed by atoms with Crippen LogP contribution in [-0.4, -0.2) is 31.5 Å². The summed E-state index contributed by atoms with van der Waals surface area (Å²) in [5.74, 6) is -0.171. The predicted octanol–water partition coefficient (Wildman–Crippen LogP) is 1.23. The van der Waals surface area contributed by atoms with Gasteiger partial charge >= 0.3 is 0 Å². The van der Waals surface area contributed by atoms with Gasteiger partial charge in [-0.05, 0) is 24.1 Å². The largest absolute Gasteiger partial charge is 0.394 e. The maximum Gasteiger partial charge on any atom is 0.126 e. The molecular weight excluding hydrogens is 209 g/mol. The van der Waals surface area contributed by atoms with Crippen molar-refractivity contribution < 1.29 is 14.2 Å². The van der Waals surface area contributed by atoms with Gasteiger partial charge in [0.2, 0.25) is 0 Å². The van der Waals surface area contributed by atoms with Crippen LogP contribution in [0, 0.1) is 12.7 Å². The maximum atomic E-state index is 13.0. The number of hydrogen-bond donors (Lipinski definition) is 2. The molecule has 1 rings (SSSR count). The SMILES string of the molecule is Cc1cc(CNCCOCCO)ccc1F. The zero-order valence-electron chi connectivity index (χ0n) is 9.50. The fourth-order valence-corrected chi connectivity index (χ4v) is 1.36. The number of aliphatic hydroxyl groups is 1. The second-order valence-corrected chi connectivity index (χ2v) is 3.60. The van der Waals surface area contributed by atoms with Gasteiger partial charge in [-0.1, -0.05) is 12.1 Å². The highest BCUT2D eigenvalue weighted by atomic mass is 19.1. The molecular formula is C12H18FNO2. The summed E-state index contributed by atoms with van der Waals surface area (Å²) >= 11 is 0. The van der Waals surface area contributed by atoms with E-state index >= 15 is 0 Å².